The molecule has 3 aromatic rings. The molecule has 1 atom stereocenters. The number of benzene rings is 2. The van der Waals surface area contributed by atoms with Crippen molar-refractivity contribution in [3.8, 4) is 0 Å². The molecule has 1 heterocycles. The largest absolute Gasteiger partial charge is 0.318 e. The molecule has 0 fully saturated rings. The van der Waals surface area contributed by atoms with Gasteiger partial charge in [-0.1, -0.05) is 42.5 Å². The first-order valence-corrected chi connectivity index (χ1v) is 8.22. The Labute approximate surface area is 146 Å². The highest BCUT2D eigenvalue weighted by Crippen LogP contribution is 2.14. The fourth-order valence-electron chi connectivity index (χ4n) is 2.61. The molecule has 25 heavy (non-hydrogen) atoms. The third kappa shape index (κ3) is 4.29. The third-order valence-electron chi connectivity index (χ3n) is 4.13. The first kappa shape index (κ1) is 16.8. The Morgan fingerprint density at radius 3 is 2.24 bits per heavy atom. The van der Waals surface area contributed by atoms with Gasteiger partial charge in [0, 0.05) is 19.1 Å². The summed E-state index contributed by atoms with van der Waals surface area (Å²) in [7, 11) is 0. The van der Waals surface area contributed by atoms with Crippen molar-refractivity contribution < 1.29 is 13.8 Å². The lowest BCUT2D eigenvalue weighted by molar-refractivity contribution is -0.705. The molecule has 0 bridgehead atoms. The molecule has 1 N–H and O–H groups in total. The third-order valence-corrected chi connectivity index (χ3v) is 4.13. The number of hydrogen-bond acceptors (Lipinski definition) is 1. The number of pyridine rings is 1. The Morgan fingerprint density at radius 2 is 1.56 bits per heavy atom. The average Bonchev–Trinajstić information content (AvgIpc) is 2.64. The average molecular weight is 335 g/mol. The van der Waals surface area contributed by atoms with Crippen LogP contribution >= 0.6 is 0 Å². The van der Waals surface area contributed by atoms with Crippen LogP contribution in [0.3, 0.4) is 0 Å². The Bertz CT molecular complexity index is 847. The summed E-state index contributed by atoms with van der Waals surface area (Å²) in [6.07, 6.45) is 4.60. The summed E-state index contributed by atoms with van der Waals surface area (Å²) in [6, 6.07) is 19.9. The molecule has 126 valence electrons. The maximum atomic E-state index is 13.7. The Morgan fingerprint density at radius 1 is 0.960 bits per heavy atom. The van der Waals surface area contributed by atoms with Gasteiger partial charge < -0.3 is 5.32 Å². The molecule has 0 aliphatic heterocycles. The number of para-hydroxylation sites is 1. The molecule has 1 aromatic heterocycles. The normalized spacial score (nSPS) is 11.8. The number of amides is 1. The predicted molar refractivity (Wildman–Crippen MR) is 95.6 cm³/mol. The monoisotopic (exact) mass is 335 g/mol. The number of halogens is 1. The van der Waals surface area contributed by atoms with Crippen molar-refractivity contribution >= 4 is 11.6 Å². The van der Waals surface area contributed by atoms with Crippen molar-refractivity contribution in [2.45, 2.75) is 19.4 Å². The number of aromatic nitrogens is 1. The second kappa shape index (κ2) is 7.71. The van der Waals surface area contributed by atoms with Gasteiger partial charge in [-0.2, -0.15) is 4.57 Å². The maximum absolute atomic E-state index is 13.7. The Hall–Kier alpha value is -3.01. The van der Waals surface area contributed by atoms with E-state index in [9.17, 15) is 9.18 Å². The van der Waals surface area contributed by atoms with Gasteiger partial charge in [0.25, 0.3) is 5.91 Å². The lowest BCUT2D eigenvalue weighted by Gasteiger charge is -2.10. The summed E-state index contributed by atoms with van der Waals surface area (Å²) in [5, 5.41) is 2.63. The molecule has 1 amide bonds. The summed E-state index contributed by atoms with van der Waals surface area (Å²) in [5.74, 6) is -0.697. The summed E-state index contributed by atoms with van der Waals surface area (Å²) < 4.78 is 15.5. The Balaban J connectivity index is 1.67. The topological polar surface area (TPSA) is 33.0 Å². The SMILES string of the molecule is C[C@H](C(=O)Nc1ccccc1F)[n+]1ccc(Cc2ccccc2)cc1. The molecule has 0 saturated carbocycles. The number of carbonyl (C=O) groups is 1. The van der Waals surface area contributed by atoms with Crippen LogP contribution in [0, 0.1) is 5.82 Å². The first-order valence-electron chi connectivity index (χ1n) is 8.22. The second-order valence-electron chi connectivity index (χ2n) is 5.96. The molecule has 0 saturated heterocycles. The molecule has 0 aliphatic rings. The Kier molecular flexibility index (Phi) is 5.19. The van der Waals surface area contributed by atoms with Crippen LogP contribution in [0.2, 0.25) is 0 Å². The van der Waals surface area contributed by atoms with Gasteiger partial charge in [-0.25, -0.2) is 4.39 Å². The predicted octanol–water partition coefficient (Wildman–Crippen LogP) is 3.90. The number of rotatable bonds is 5. The van der Waals surface area contributed by atoms with E-state index in [1.54, 1.807) is 25.1 Å². The quantitative estimate of drug-likeness (QED) is 0.705. The number of nitrogens with zero attached hydrogens (tertiary/aromatic N) is 1. The van der Waals surface area contributed by atoms with E-state index < -0.39 is 11.9 Å². The minimum atomic E-state index is -0.439. The first-order chi connectivity index (χ1) is 12.1. The van der Waals surface area contributed by atoms with Gasteiger partial charge in [0.2, 0.25) is 6.04 Å². The van der Waals surface area contributed by atoms with Crippen LogP contribution in [0.5, 0.6) is 0 Å². The molecule has 0 unspecified atom stereocenters. The van der Waals surface area contributed by atoms with Crippen LogP contribution in [0.4, 0.5) is 10.1 Å². The van der Waals surface area contributed by atoms with Gasteiger partial charge in [-0.3, -0.25) is 4.79 Å². The van der Waals surface area contributed by atoms with E-state index in [0.29, 0.717) is 0 Å². The lowest BCUT2D eigenvalue weighted by atomic mass is 10.1. The molecule has 0 radical (unpaired) electrons. The fraction of sp³-hybridized carbons (Fsp3) is 0.143. The van der Waals surface area contributed by atoms with E-state index in [1.807, 2.05) is 47.3 Å². The molecular weight excluding hydrogens is 315 g/mol. The second-order valence-corrected chi connectivity index (χ2v) is 5.96. The van der Waals surface area contributed by atoms with Crippen LogP contribution in [0.25, 0.3) is 0 Å². The van der Waals surface area contributed by atoms with Crippen LogP contribution < -0.4 is 9.88 Å². The molecule has 3 nitrogen and oxygen atoms in total. The number of carbonyl (C=O) groups excluding carboxylic acids is 1. The highest BCUT2D eigenvalue weighted by molar-refractivity contribution is 5.92. The molecule has 4 heteroatoms. The van der Waals surface area contributed by atoms with Crippen molar-refractivity contribution in [1.82, 2.24) is 0 Å². The molecule has 0 spiro atoms. The summed E-state index contributed by atoms with van der Waals surface area (Å²) in [5.41, 5.74) is 2.61. The van der Waals surface area contributed by atoms with Crippen molar-refractivity contribution in [2.75, 3.05) is 5.32 Å². The van der Waals surface area contributed by atoms with Crippen molar-refractivity contribution in [3.63, 3.8) is 0 Å². The van der Waals surface area contributed by atoms with Gasteiger partial charge in [0.1, 0.15) is 5.82 Å². The smallest absolute Gasteiger partial charge is 0.293 e. The van der Waals surface area contributed by atoms with Gasteiger partial charge in [0.15, 0.2) is 12.4 Å². The highest BCUT2D eigenvalue weighted by Gasteiger charge is 2.22. The highest BCUT2D eigenvalue weighted by atomic mass is 19.1. The molecular formula is C21H20FN2O+. The lowest BCUT2D eigenvalue weighted by Crippen LogP contribution is -2.44. The molecule has 3 rings (SSSR count). The standard InChI is InChI=1S/C21H19FN2O/c1-16(21(25)23-20-10-6-5-9-19(20)22)24-13-11-18(12-14-24)15-17-7-3-2-4-8-17/h2-14,16H,15H2,1H3/p+1/t16-/m1/s1. The zero-order valence-corrected chi connectivity index (χ0v) is 14.0. The van der Waals surface area contributed by atoms with Gasteiger partial charge in [0.05, 0.1) is 5.69 Å². The zero-order valence-electron chi connectivity index (χ0n) is 14.0. The van der Waals surface area contributed by atoms with Gasteiger partial charge >= 0.3 is 0 Å². The van der Waals surface area contributed by atoms with E-state index in [2.05, 4.69) is 17.4 Å². The number of nitrogens with one attached hydrogen (secondary N) is 1. The van der Waals surface area contributed by atoms with Crippen molar-refractivity contribution in [3.05, 3.63) is 96.1 Å². The summed E-state index contributed by atoms with van der Waals surface area (Å²) >= 11 is 0. The van der Waals surface area contributed by atoms with E-state index >= 15 is 0 Å². The number of hydrogen-bond donors (Lipinski definition) is 1. The van der Waals surface area contributed by atoms with Gasteiger partial charge in [-0.05, 0) is 29.7 Å². The van der Waals surface area contributed by atoms with Crippen LogP contribution in [-0.2, 0) is 11.2 Å². The van der Waals surface area contributed by atoms with E-state index in [1.165, 1.54) is 17.2 Å². The fourth-order valence-corrected chi connectivity index (χ4v) is 2.61. The van der Waals surface area contributed by atoms with Crippen molar-refractivity contribution in [1.29, 1.82) is 0 Å². The minimum absolute atomic E-state index is 0.195. The molecule has 2 aromatic carbocycles. The molecule has 0 aliphatic carbocycles. The number of anilines is 1. The van der Waals surface area contributed by atoms with Crippen LogP contribution in [0.15, 0.2) is 79.1 Å². The van der Waals surface area contributed by atoms with Crippen LogP contribution in [0.1, 0.15) is 24.1 Å². The maximum Gasteiger partial charge on any atom is 0.293 e. The van der Waals surface area contributed by atoms with Gasteiger partial charge in [-0.15, -0.1) is 0 Å². The summed E-state index contributed by atoms with van der Waals surface area (Å²) in [6.45, 7) is 1.78. The van der Waals surface area contributed by atoms with E-state index in [-0.39, 0.29) is 11.6 Å². The zero-order chi connectivity index (χ0) is 17.6. The van der Waals surface area contributed by atoms with Crippen molar-refractivity contribution in [2.24, 2.45) is 0 Å². The van der Waals surface area contributed by atoms with E-state index in [0.717, 1.165) is 6.42 Å². The van der Waals surface area contributed by atoms with E-state index in [4.69, 9.17) is 0 Å². The minimum Gasteiger partial charge on any atom is -0.318 e. The summed E-state index contributed by atoms with van der Waals surface area (Å²) in [4.78, 5) is 12.3. The van der Waals surface area contributed by atoms with Crippen LogP contribution in [-0.4, -0.2) is 5.91 Å².